The average molecular weight is 277 g/mol. The average Bonchev–Trinajstić information content (AvgIpc) is 2.92. The van der Waals surface area contributed by atoms with Gasteiger partial charge in [0.2, 0.25) is 5.88 Å². The van der Waals surface area contributed by atoms with Gasteiger partial charge in [-0.15, -0.1) is 5.10 Å². The van der Waals surface area contributed by atoms with E-state index in [0.717, 1.165) is 24.5 Å². The van der Waals surface area contributed by atoms with Crippen LogP contribution in [0.5, 0.6) is 5.88 Å². The highest BCUT2D eigenvalue weighted by atomic mass is 16.5. The summed E-state index contributed by atoms with van der Waals surface area (Å²) in [5, 5.41) is 12.2. The number of nitrogens with two attached hydrogens (primary N) is 1. The number of aryl methyl sites for hydroxylation is 1. The predicted octanol–water partition coefficient (Wildman–Crippen LogP) is 0.234. The fraction of sp³-hybridized carbons (Fsp3) is 0.500. The molecule has 0 amide bonds. The molecule has 0 aliphatic heterocycles. The molecule has 1 atom stereocenters. The Labute approximate surface area is 117 Å². The number of ether oxygens (including phenoxy) is 1. The van der Waals surface area contributed by atoms with Crippen molar-refractivity contribution in [2.75, 3.05) is 7.11 Å². The van der Waals surface area contributed by atoms with Crippen molar-refractivity contribution in [3.05, 3.63) is 30.0 Å². The Bertz CT molecular complexity index is 525. The zero-order valence-corrected chi connectivity index (χ0v) is 11.7. The van der Waals surface area contributed by atoms with E-state index in [1.807, 2.05) is 10.7 Å². The van der Waals surface area contributed by atoms with E-state index in [2.05, 4.69) is 32.6 Å². The number of rotatable bonds is 7. The van der Waals surface area contributed by atoms with Crippen molar-refractivity contribution >= 4 is 0 Å². The molecule has 3 N–H and O–H groups in total. The van der Waals surface area contributed by atoms with Crippen LogP contribution in [0.25, 0.3) is 0 Å². The van der Waals surface area contributed by atoms with Crippen molar-refractivity contribution in [2.24, 2.45) is 5.84 Å². The molecule has 2 aromatic rings. The highest BCUT2D eigenvalue weighted by molar-refractivity contribution is 5.15. The molecule has 0 bridgehead atoms. The number of nitrogens with zero attached hydrogens (tertiary/aromatic N) is 5. The van der Waals surface area contributed by atoms with Gasteiger partial charge < -0.3 is 4.74 Å². The zero-order chi connectivity index (χ0) is 14.4. The van der Waals surface area contributed by atoms with Crippen molar-refractivity contribution in [1.82, 2.24) is 30.4 Å². The second kappa shape index (κ2) is 6.92. The largest absolute Gasteiger partial charge is 0.480 e. The number of aromatic nitrogens is 5. The van der Waals surface area contributed by atoms with Crippen molar-refractivity contribution < 1.29 is 4.74 Å². The van der Waals surface area contributed by atoms with E-state index in [4.69, 9.17) is 10.6 Å². The van der Waals surface area contributed by atoms with E-state index in [0.29, 0.717) is 12.3 Å². The third-order valence-electron chi connectivity index (χ3n) is 2.95. The molecule has 0 fully saturated rings. The van der Waals surface area contributed by atoms with Gasteiger partial charge in [0, 0.05) is 19.0 Å². The highest BCUT2D eigenvalue weighted by Gasteiger charge is 2.16. The van der Waals surface area contributed by atoms with Crippen LogP contribution < -0.4 is 16.0 Å². The third-order valence-corrected chi connectivity index (χ3v) is 2.95. The molecule has 2 rings (SSSR count). The van der Waals surface area contributed by atoms with E-state index < -0.39 is 0 Å². The Morgan fingerprint density at radius 3 is 2.85 bits per heavy atom. The van der Waals surface area contributed by atoms with Gasteiger partial charge in [-0.2, -0.15) is 10.2 Å². The second-order valence-electron chi connectivity index (χ2n) is 4.32. The van der Waals surface area contributed by atoms with Gasteiger partial charge in [0.05, 0.1) is 18.8 Å². The first-order chi connectivity index (χ1) is 9.78. The fourth-order valence-corrected chi connectivity index (χ4v) is 1.90. The first-order valence-electron chi connectivity index (χ1n) is 6.49. The Hall–Kier alpha value is -2.06. The minimum Gasteiger partial charge on any atom is -0.480 e. The fourth-order valence-electron chi connectivity index (χ4n) is 1.90. The first kappa shape index (κ1) is 14.4. The number of hydrazine groups is 1. The molecule has 0 aliphatic carbocycles. The molecule has 0 saturated carbocycles. The third kappa shape index (κ3) is 3.28. The molecular weight excluding hydrogens is 258 g/mol. The summed E-state index contributed by atoms with van der Waals surface area (Å²) in [5.74, 6) is 6.95. The van der Waals surface area contributed by atoms with Crippen LogP contribution in [0.4, 0.5) is 0 Å². The molecule has 0 aliphatic rings. The second-order valence-corrected chi connectivity index (χ2v) is 4.32. The van der Waals surface area contributed by atoms with Crippen LogP contribution in [0.2, 0.25) is 0 Å². The van der Waals surface area contributed by atoms with Gasteiger partial charge >= 0.3 is 0 Å². The van der Waals surface area contributed by atoms with Gasteiger partial charge in [0.1, 0.15) is 12.2 Å². The summed E-state index contributed by atoms with van der Waals surface area (Å²) in [6, 6.07) is 3.41. The van der Waals surface area contributed by atoms with Gasteiger partial charge in [-0.1, -0.05) is 6.92 Å². The molecular formula is C12H19N7O. The molecule has 8 nitrogen and oxygen atoms in total. The quantitative estimate of drug-likeness (QED) is 0.551. The van der Waals surface area contributed by atoms with Crippen molar-refractivity contribution in [2.45, 2.75) is 32.4 Å². The van der Waals surface area contributed by atoms with Crippen molar-refractivity contribution in [3.63, 3.8) is 0 Å². The maximum atomic E-state index is 5.61. The molecule has 0 radical (unpaired) electrons. The van der Waals surface area contributed by atoms with Crippen molar-refractivity contribution in [3.8, 4) is 5.88 Å². The summed E-state index contributed by atoms with van der Waals surface area (Å²) >= 11 is 0. The topological polar surface area (TPSA) is 104 Å². The molecule has 2 aromatic heterocycles. The number of hydrogen-bond donors (Lipinski definition) is 2. The standard InChI is InChI=1S/C12H19N7O/c1-3-6-19-11(14-8-15-19)7-10(16-13)9-4-5-12(20-2)18-17-9/h4-5,8,10,16H,3,6-7,13H2,1-2H3. The van der Waals surface area contributed by atoms with Crippen LogP contribution in [0, 0.1) is 0 Å². The van der Waals surface area contributed by atoms with Crippen LogP contribution >= 0.6 is 0 Å². The Balaban J connectivity index is 2.13. The van der Waals surface area contributed by atoms with E-state index >= 15 is 0 Å². The first-order valence-corrected chi connectivity index (χ1v) is 6.49. The predicted molar refractivity (Wildman–Crippen MR) is 72.7 cm³/mol. The summed E-state index contributed by atoms with van der Waals surface area (Å²) in [6.07, 6.45) is 3.15. The lowest BCUT2D eigenvalue weighted by Crippen LogP contribution is -2.31. The minimum atomic E-state index is -0.173. The van der Waals surface area contributed by atoms with Gasteiger partial charge in [-0.25, -0.2) is 4.98 Å². The van der Waals surface area contributed by atoms with Gasteiger partial charge in [0.15, 0.2) is 0 Å². The maximum Gasteiger partial charge on any atom is 0.233 e. The van der Waals surface area contributed by atoms with Crippen LogP contribution in [-0.2, 0) is 13.0 Å². The number of nitrogens with one attached hydrogen (secondary N) is 1. The van der Waals surface area contributed by atoms with Crippen LogP contribution in [0.1, 0.15) is 30.9 Å². The summed E-state index contributed by atoms with van der Waals surface area (Å²) in [6.45, 7) is 2.93. The lowest BCUT2D eigenvalue weighted by atomic mass is 10.1. The monoisotopic (exact) mass is 277 g/mol. The molecule has 0 spiro atoms. The van der Waals surface area contributed by atoms with E-state index in [1.165, 1.54) is 0 Å². The number of hydrogen-bond acceptors (Lipinski definition) is 7. The smallest absolute Gasteiger partial charge is 0.233 e. The molecule has 1 unspecified atom stereocenters. The van der Waals surface area contributed by atoms with Crippen molar-refractivity contribution in [1.29, 1.82) is 0 Å². The van der Waals surface area contributed by atoms with Crippen LogP contribution in [-0.4, -0.2) is 32.1 Å². The van der Waals surface area contributed by atoms with Gasteiger partial charge in [0.25, 0.3) is 0 Å². The minimum absolute atomic E-state index is 0.173. The van der Waals surface area contributed by atoms with E-state index in [1.54, 1.807) is 19.5 Å². The lowest BCUT2D eigenvalue weighted by molar-refractivity contribution is 0.388. The Kier molecular flexibility index (Phi) is 4.97. The molecule has 0 aromatic carbocycles. The summed E-state index contributed by atoms with van der Waals surface area (Å²) in [4.78, 5) is 4.27. The van der Waals surface area contributed by atoms with Gasteiger partial charge in [-0.05, 0) is 12.5 Å². The molecule has 0 saturated heterocycles. The Morgan fingerprint density at radius 2 is 2.25 bits per heavy atom. The number of methoxy groups -OCH3 is 1. The highest BCUT2D eigenvalue weighted by Crippen LogP contribution is 2.15. The summed E-state index contributed by atoms with van der Waals surface area (Å²) in [5.41, 5.74) is 3.47. The summed E-state index contributed by atoms with van der Waals surface area (Å²) in [7, 11) is 1.55. The van der Waals surface area contributed by atoms with E-state index in [-0.39, 0.29) is 6.04 Å². The molecule has 2 heterocycles. The Morgan fingerprint density at radius 1 is 1.40 bits per heavy atom. The summed E-state index contributed by atoms with van der Waals surface area (Å²) < 4.78 is 6.86. The molecule has 8 heteroatoms. The molecule has 20 heavy (non-hydrogen) atoms. The lowest BCUT2D eigenvalue weighted by Gasteiger charge is -2.15. The van der Waals surface area contributed by atoms with Gasteiger partial charge in [-0.3, -0.25) is 16.0 Å². The molecule has 108 valence electrons. The van der Waals surface area contributed by atoms with E-state index in [9.17, 15) is 0 Å². The van der Waals surface area contributed by atoms with Crippen LogP contribution in [0.15, 0.2) is 18.5 Å². The van der Waals surface area contributed by atoms with Crippen LogP contribution in [0.3, 0.4) is 0 Å². The zero-order valence-electron chi connectivity index (χ0n) is 11.7. The normalized spacial score (nSPS) is 12.3. The SMILES string of the molecule is CCCn1ncnc1CC(NN)c1ccc(OC)nn1. The maximum absolute atomic E-state index is 5.61.